The van der Waals surface area contributed by atoms with Gasteiger partial charge in [0.05, 0.1) is 30.5 Å². The van der Waals surface area contributed by atoms with Crippen LogP contribution in [0.1, 0.15) is 27.6 Å². The van der Waals surface area contributed by atoms with Crippen LogP contribution in [-0.2, 0) is 9.53 Å². The molecule has 0 radical (unpaired) electrons. The smallest absolute Gasteiger partial charge is 0.337 e. The molecule has 1 amide bonds. The van der Waals surface area contributed by atoms with Gasteiger partial charge in [0.15, 0.2) is 0 Å². The molecule has 0 bridgehead atoms. The molecule has 0 spiro atoms. The standard InChI is InChI=1S/C12H11I3N2O5/c1-4(18)22-3-2-17-11(19)5-7(13)6(12(20)21)9(15)10(16)8(5)14/h2-3,16H2,1H3,(H,17,19)(H,20,21). The largest absolute Gasteiger partial charge is 0.478 e. The maximum absolute atomic E-state index is 12.3. The van der Waals surface area contributed by atoms with E-state index in [-0.39, 0.29) is 30.0 Å². The maximum Gasteiger partial charge on any atom is 0.337 e. The number of carboxylic acid groups (broad SMARTS) is 1. The Balaban J connectivity index is 3.11. The lowest BCUT2D eigenvalue weighted by Crippen LogP contribution is -2.30. The summed E-state index contributed by atoms with van der Waals surface area (Å²) in [5, 5.41) is 11.9. The van der Waals surface area contributed by atoms with Crippen LogP contribution < -0.4 is 11.1 Å². The van der Waals surface area contributed by atoms with E-state index in [2.05, 4.69) is 5.32 Å². The zero-order valence-electron chi connectivity index (χ0n) is 11.2. The second kappa shape index (κ2) is 8.47. The number of hydrogen-bond acceptors (Lipinski definition) is 5. The Morgan fingerprint density at radius 3 is 2.18 bits per heavy atom. The number of halogens is 3. The van der Waals surface area contributed by atoms with Crippen LogP contribution in [-0.4, -0.2) is 36.1 Å². The number of carbonyl (C=O) groups excluding carboxylic acids is 2. The van der Waals surface area contributed by atoms with Crippen molar-refractivity contribution in [2.75, 3.05) is 18.9 Å². The number of esters is 1. The summed E-state index contributed by atoms with van der Waals surface area (Å²) < 4.78 is 5.92. The monoisotopic (exact) mass is 644 g/mol. The summed E-state index contributed by atoms with van der Waals surface area (Å²) in [6, 6.07) is 0. The summed E-state index contributed by atoms with van der Waals surface area (Å²) in [5.41, 5.74) is 6.36. The van der Waals surface area contributed by atoms with E-state index in [0.29, 0.717) is 10.7 Å². The summed E-state index contributed by atoms with van der Waals surface area (Å²) in [6.45, 7) is 1.44. The van der Waals surface area contributed by atoms with Crippen LogP contribution in [0.5, 0.6) is 0 Å². The van der Waals surface area contributed by atoms with Crippen LogP contribution in [0.3, 0.4) is 0 Å². The third kappa shape index (κ3) is 4.56. The minimum Gasteiger partial charge on any atom is -0.478 e. The van der Waals surface area contributed by atoms with Crippen molar-refractivity contribution < 1.29 is 24.2 Å². The summed E-state index contributed by atoms with van der Waals surface area (Å²) >= 11 is 5.58. The highest BCUT2D eigenvalue weighted by Gasteiger charge is 2.26. The lowest BCUT2D eigenvalue weighted by molar-refractivity contribution is -0.140. The molecule has 0 saturated heterocycles. The van der Waals surface area contributed by atoms with E-state index >= 15 is 0 Å². The van der Waals surface area contributed by atoms with Crippen molar-refractivity contribution in [1.82, 2.24) is 5.32 Å². The van der Waals surface area contributed by atoms with Crippen LogP contribution in [0.15, 0.2) is 0 Å². The van der Waals surface area contributed by atoms with Gasteiger partial charge in [-0.05, 0) is 67.8 Å². The summed E-state index contributed by atoms with van der Waals surface area (Å²) in [5.74, 6) is -2.05. The lowest BCUT2D eigenvalue weighted by atomic mass is 10.1. The predicted molar refractivity (Wildman–Crippen MR) is 105 cm³/mol. The van der Waals surface area contributed by atoms with Crippen molar-refractivity contribution in [2.24, 2.45) is 0 Å². The van der Waals surface area contributed by atoms with Crippen molar-refractivity contribution >= 4 is 91.3 Å². The molecule has 0 unspecified atom stereocenters. The molecule has 0 aliphatic carbocycles. The van der Waals surface area contributed by atoms with E-state index in [4.69, 9.17) is 10.5 Å². The van der Waals surface area contributed by atoms with Gasteiger partial charge in [-0.25, -0.2) is 4.79 Å². The normalized spacial score (nSPS) is 10.2. The van der Waals surface area contributed by atoms with E-state index in [1.807, 2.05) is 67.8 Å². The number of hydrogen-bond donors (Lipinski definition) is 3. The number of rotatable bonds is 5. The number of nitrogens with two attached hydrogens (primary N) is 1. The SMILES string of the molecule is CC(=O)OCCNC(=O)c1c(I)c(N)c(I)c(C(=O)O)c1I. The van der Waals surface area contributed by atoms with Crippen LogP contribution in [0.25, 0.3) is 0 Å². The number of anilines is 1. The van der Waals surface area contributed by atoms with E-state index in [1.165, 1.54) is 6.92 Å². The quantitative estimate of drug-likeness (QED) is 0.196. The molecule has 0 aromatic heterocycles. The third-order valence-corrected chi connectivity index (χ3v) is 5.80. The first-order valence-electron chi connectivity index (χ1n) is 5.79. The zero-order chi connectivity index (χ0) is 17.0. The minimum absolute atomic E-state index is 0.00394. The minimum atomic E-state index is -1.15. The lowest BCUT2D eigenvalue weighted by Gasteiger charge is -2.15. The molecule has 0 heterocycles. The first-order valence-corrected chi connectivity index (χ1v) is 9.02. The fraction of sp³-hybridized carbons (Fsp3) is 0.250. The highest BCUT2D eigenvalue weighted by Crippen LogP contribution is 2.33. The van der Waals surface area contributed by atoms with Gasteiger partial charge in [0.1, 0.15) is 6.61 Å². The highest BCUT2D eigenvalue weighted by atomic mass is 127. The summed E-state index contributed by atoms with van der Waals surface area (Å²) in [7, 11) is 0. The molecule has 0 aliphatic rings. The van der Waals surface area contributed by atoms with E-state index in [1.54, 1.807) is 0 Å². The molecule has 10 heteroatoms. The average molecular weight is 644 g/mol. The molecular weight excluding hydrogens is 633 g/mol. The molecule has 0 atom stereocenters. The summed E-state index contributed by atoms with van der Waals surface area (Å²) in [6.07, 6.45) is 0. The average Bonchev–Trinajstić information content (AvgIpc) is 2.41. The second-order valence-corrected chi connectivity index (χ2v) is 7.24. The molecule has 120 valence electrons. The van der Waals surface area contributed by atoms with Gasteiger partial charge in [0.2, 0.25) is 0 Å². The first-order chi connectivity index (χ1) is 10.2. The number of nitrogen functional groups attached to an aromatic ring is 1. The number of carboxylic acids is 1. The van der Waals surface area contributed by atoms with Crippen molar-refractivity contribution in [3.8, 4) is 0 Å². The molecule has 1 aromatic rings. The molecule has 1 rings (SSSR count). The van der Waals surface area contributed by atoms with Crippen molar-refractivity contribution in [3.05, 3.63) is 21.8 Å². The summed E-state index contributed by atoms with van der Waals surface area (Å²) in [4.78, 5) is 34.3. The molecular formula is C12H11I3N2O5. The fourth-order valence-corrected chi connectivity index (χ4v) is 5.64. The van der Waals surface area contributed by atoms with E-state index in [9.17, 15) is 19.5 Å². The van der Waals surface area contributed by atoms with E-state index < -0.39 is 17.8 Å². The Hall–Kier alpha value is -0.380. The van der Waals surface area contributed by atoms with Gasteiger partial charge < -0.3 is 20.9 Å². The number of amides is 1. The first kappa shape index (κ1) is 19.7. The highest BCUT2D eigenvalue weighted by molar-refractivity contribution is 14.1. The third-order valence-electron chi connectivity index (χ3n) is 2.48. The molecule has 4 N–H and O–H groups in total. The number of nitrogens with one attached hydrogen (secondary N) is 1. The Morgan fingerprint density at radius 2 is 1.68 bits per heavy atom. The van der Waals surface area contributed by atoms with Gasteiger partial charge >= 0.3 is 11.9 Å². The van der Waals surface area contributed by atoms with Gasteiger partial charge in [0.25, 0.3) is 5.91 Å². The molecule has 0 saturated carbocycles. The second-order valence-electron chi connectivity index (χ2n) is 4.01. The Bertz CT molecular complexity index is 648. The molecule has 1 aromatic carbocycles. The number of ether oxygens (including phenoxy) is 1. The van der Waals surface area contributed by atoms with Crippen LogP contribution in [0.4, 0.5) is 5.69 Å². The molecule has 0 fully saturated rings. The van der Waals surface area contributed by atoms with Gasteiger partial charge in [-0.15, -0.1) is 0 Å². The van der Waals surface area contributed by atoms with Crippen molar-refractivity contribution in [3.63, 3.8) is 0 Å². The topological polar surface area (TPSA) is 119 Å². The predicted octanol–water partition coefficient (Wildman–Crippen LogP) is 2.07. The zero-order valence-corrected chi connectivity index (χ0v) is 17.7. The van der Waals surface area contributed by atoms with Crippen molar-refractivity contribution in [1.29, 1.82) is 0 Å². The van der Waals surface area contributed by atoms with Crippen LogP contribution in [0, 0.1) is 10.7 Å². The van der Waals surface area contributed by atoms with Crippen molar-refractivity contribution in [2.45, 2.75) is 6.92 Å². The van der Waals surface area contributed by atoms with Gasteiger partial charge in [-0.1, -0.05) is 0 Å². The fourth-order valence-electron chi connectivity index (χ4n) is 1.52. The van der Waals surface area contributed by atoms with Crippen LogP contribution >= 0.6 is 67.8 Å². The molecule has 0 aliphatic heterocycles. The van der Waals surface area contributed by atoms with Gasteiger partial charge in [-0.2, -0.15) is 0 Å². The Kier molecular flexibility index (Phi) is 7.57. The Labute approximate surface area is 167 Å². The van der Waals surface area contributed by atoms with E-state index in [0.717, 1.165) is 0 Å². The number of benzene rings is 1. The van der Waals surface area contributed by atoms with Gasteiger partial charge in [-0.3, -0.25) is 9.59 Å². The van der Waals surface area contributed by atoms with Crippen LogP contribution in [0.2, 0.25) is 0 Å². The van der Waals surface area contributed by atoms with Gasteiger partial charge in [0, 0.05) is 10.5 Å². The number of aromatic carboxylic acids is 1. The number of carbonyl (C=O) groups is 3. The maximum atomic E-state index is 12.3. The molecule has 7 nitrogen and oxygen atoms in total. The Morgan fingerprint density at radius 1 is 1.14 bits per heavy atom. The molecule has 22 heavy (non-hydrogen) atoms.